The molecule has 0 aliphatic rings. The third-order valence-corrected chi connectivity index (χ3v) is 2.61. The highest BCUT2D eigenvalue weighted by Crippen LogP contribution is 2.07. The lowest BCUT2D eigenvalue weighted by atomic mass is 10.00. The molecule has 0 aliphatic heterocycles. The van der Waals surface area contributed by atoms with Crippen molar-refractivity contribution in [2.24, 2.45) is 5.92 Å². The number of hydrogen-bond acceptors (Lipinski definition) is 2. The minimum atomic E-state index is 0.279. The minimum Gasteiger partial charge on any atom is -0.396 e. The fourth-order valence-electron chi connectivity index (χ4n) is 1.24. The predicted octanol–water partition coefficient (Wildman–Crippen LogP) is 1.78. The molecule has 0 aromatic carbocycles. The lowest BCUT2D eigenvalue weighted by molar-refractivity contribution is 0.255. The maximum atomic E-state index is 8.71. The van der Waals surface area contributed by atoms with Crippen LogP contribution in [0.3, 0.4) is 0 Å². The molecule has 0 radical (unpaired) electrons. The van der Waals surface area contributed by atoms with Crippen LogP contribution >= 0.6 is 0 Å². The van der Waals surface area contributed by atoms with Crippen LogP contribution in [0.2, 0.25) is 0 Å². The van der Waals surface area contributed by atoms with E-state index < -0.39 is 0 Å². The molecule has 3 atom stereocenters. The second kappa shape index (κ2) is 6.44. The molecule has 0 aromatic heterocycles. The molecule has 12 heavy (non-hydrogen) atoms. The van der Waals surface area contributed by atoms with Crippen LogP contribution in [0.5, 0.6) is 0 Å². The van der Waals surface area contributed by atoms with E-state index in [1.165, 1.54) is 6.42 Å². The van der Waals surface area contributed by atoms with E-state index in [4.69, 9.17) is 5.11 Å². The highest BCUT2D eigenvalue weighted by atomic mass is 16.3. The first-order valence-electron chi connectivity index (χ1n) is 4.98. The van der Waals surface area contributed by atoms with E-state index in [1.807, 2.05) is 0 Å². The van der Waals surface area contributed by atoms with Crippen molar-refractivity contribution in [2.45, 2.75) is 52.6 Å². The predicted molar refractivity (Wildman–Crippen MR) is 53.2 cm³/mol. The molecule has 0 fully saturated rings. The summed E-state index contributed by atoms with van der Waals surface area (Å²) in [6.07, 6.45) is 2.06. The third-order valence-electron chi connectivity index (χ3n) is 2.61. The molecule has 0 saturated carbocycles. The monoisotopic (exact) mass is 173 g/mol. The summed E-state index contributed by atoms with van der Waals surface area (Å²) >= 11 is 0. The Balaban J connectivity index is 3.59. The molecule has 2 nitrogen and oxygen atoms in total. The number of aliphatic hydroxyl groups excluding tert-OH is 1. The second-order valence-electron chi connectivity index (χ2n) is 3.75. The van der Waals surface area contributed by atoms with E-state index in [0.29, 0.717) is 18.0 Å². The molecule has 0 aliphatic carbocycles. The van der Waals surface area contributed by atoms with Crippen LogP contribution in [0.15, 0.2) is 0 Å². The van der Waals surface area contributed by atoms with Crippen LogP contribution in [0, 0.1) is 5.92 Å². The van der Waals surface area contributed by atoms with Crippen LogP contribution in [-0.4, -0.2) is 23.8 Å². The summed E-state index contributed by atoms with van der Waals surface area (Å²) in [5.41, 5.74) is 0. The zero-order valence-electron chi connectivity index (χ0n) is 8.80. The lowest BCUT2D eigenvalue weighted by Gasteiger charge is -2.24. The average molecular weight is 173 g/mol. The van der Waals surface area contributed by atoms with Gasteiger partial charge >= 0.3 is 0 Å². The summed E-state index contributed by atoms with van der Waals surface area (Å²) in [5, 5.41) is 12.2. The Labute approximate surface area is 76.4 Å². The van der Waals surface area contributed by atoms with Gasteiger partial charge in [0.05, 0.1) is 0 Å². The first-order valence-corrected chi connectivity index (χ1v) is 4.98. The maximum absolute atomic E-state index is 8.71. The number of rotatable bonds is 6. The van der Waals surface area contributed by atoms with Crippen molar-refractivity contribution in [2.75, 3.05) is 6.61 Å². The lowest BCUT2D eigenvalue weighted by Crippen LogP contribution is -2.38. The van der Waals surface area contributed by atoms with Crippen molar-refractivity contribution in [3.05, 3.63) is 0 Å². The van der Waals surface area contributed by atoms with Crippen molar-refractivity contribution >= 4 is 0 Å². The van der Waals surface area contributed by atoms with Crippen molar-refractivity contribution in [1.82, 2.24) is 5.32 Å². The van der Waals surface area contributed by atoms with Crippen LogP contribution in [0.25, 0.3) is 0 Å². The van der Waals surface area contributed by atoms with Gasteiger partial charge < -0.3 is 10.4 Å². The quantitative estimate of drug-likeness (QED) is 0.641. The molecule has 0 saturated heterocycles. The average Bonchev–Trinajstić information content (AvgIpc) is 2.03. The largest absolute Gasteiger partial charge is 0.396 e. The Morgan fingerprint density at radius 2 is 1.83 bits per heavy atom. The van der Waals surface area contributed by atoms with Crippen LogP contribution < -0.4 is 5.32 Å². The summed E-state index contributed by atoms with van der Waals surface area (Å²) in [7, 11) is 0. The third kappa shape index (κ3) is 4.73. The van der Waals surface area contributed by atoms with Crippen molar-refractivity contribution < 1.29 is 5.11 Å². The molecular formula is C10H23NO. The Kier molecular flexibility index (Phi) is 6.39. The first-order chi connectivity index (χ1) is 5.61. The smallest absolute Gasteiger partial charge is 0.0445 e. The van der Waals surface area contributed by atoms with Crippen LogP contribution in [0.4, 0.5) is 0 Å². The summed E-state index contributed by atoms with van der Waals surface area (Å²) in [6.45, 7) is 9.07. The van der Waals surface area contributed by atoms with E-state index in [9.17, 15) is 0 Å². The summed E-state index contributed by atoms with van der Waals surface area (Å²) in [6, 6.07) is 0.982. The van der Waals surface area contributed by atoms with Crippen LogP contribution in [-0.2, 0) is 0 Å². The highest BCUT2D eigenvalue weighted by molar-refractivity contribution is 4.71. The number of nitrogens with one attached hydrogen (secondary N) is 1. The first kappa shape index (κ1) is 11.9. The SMILES string of the molecule is CCC(C)C(C)N[C@H](C)CCO. The van der Waals surface area contributed by atoms with E-state index in [1.54, 1.807) is 0 Å². The molecule has 0 amide bonds. The van der Waals surface area contributed by atoms with Gasteiger partial charge in [-0.2, -0.15) is 0 Å². The molecule has 0 bridgehead atoms. The van der Waals surface area contributed by atoms with Gasteiger partial charge in [0.25, 0.3) is 0 Å². The van der Waals surface area contributed by atoms with Gasteiger partial charge in [0, 0.05) is 18.7 Å². The van der Waals surface area contributed by atoms with E-state index >= 15 is 0 Å². The van der Waals surface area contributed by atoms with Crippen LogP contribution in [0.1, 0.15) is 40.5 Å². The van der Waals surface area contributed by atoms with Crippen molar-refractivity contribution in [3.8, 4) is 0 Å². The second-order valence-corrected chi connectivity index (χ2v) is 3.75. The Morgan fingerprint density at radius 3 is 2.25 bits per heavy atom. The molecule has 0 aromatic rings. The summed E-state index contributed by atoms with van der Waals surface area (Å²) < 4.78 is 0. The van der Waals surface area contributed by atoms with Gasteiger partial charge in [-0.1, -0.05) is 20.3 Å². The number of hydrogen-bond donors (Lipinski definition) is 2. The van der Waals surface area contributed by atoms with Gasteiger partial charge in [-0.3, -0.25) is 0 Å². The standard InChI is InChI=1S/C10H23NO/c1-5-8(2)10(4)11-9(3)6-7-12/h8-12H,5-7H2,1-4H3/t8?,9-,10?/m1/s1. The Bertz CT molecular complexity index is 106. The molecule has 0 rings (SSSR count). The Hall–Kier alpha value is -0.0800. The number of aliphatic hydroxyl groups is 1. The summed E-state index contributed by atoms with van der Waals surface area (Å²) in [4.78, 5) is 0. The topological polar surface area (TPSA) is 32.3 Å². The van der Waals surface area contributed by atoms with Gasteiger partial charge in [-0.05, 0) is 26.2 Å². The van der Waals surface area contributed by atoms with Gasteiger partial charge in [0.1, 0.15) is 0 Å². The van der Waals surface area contributed by atoms with E-state index in [-0.39, 0.29) is 6.61 Å². The van der Waals surface area contributed by atoms with Gasteiger partial charge in [0.15, 0.2) is 0 Å². The Morgan fingerprint density at radius 1 is 1.25 bits per heavy atom. The van der Waals surface area contributed by atoms with Gasteiger partial charge in [-0.15, -0.1) is 0 Å². The molecule has 0 spiro atoms. The summed E-state index contributed by atoms with van der Waals surface area (Å²) in [5.74, 6) is 0.714. The normalized spacial score (nSPS) is 18.8. The van der Waals surface area contributed by atoms with E-state index in [2.05, 4.69) is 33.0 Å². The molecule has 0 heterocycles. The minimum absolute atomic E-state index is 0.279. The van der Waals surface area contributed by atoms with E-state index in [0.717, 1.165) is 6.42 Å². The molecule has 2 N–H and O–H groups in total. The van der Waals surface area contributed by atoms with Crippen molar-refractivity contribution in [3.63, 3.8) is 0 Å². The van der Waals surface area contributed by atoms with Gasteiger partial charge in [-0.25, -0.2) is 0 Å². The van der Waals surface area contributed by atoms with Crippen molar-refractivity contribution in [1.29, 1.82) is 0 Å². The fraction of sp³-hybridized carbons (Fsp3) is 1.00. The maximum Gasteiger partial charge on any atom is 0.0445 e. The molecular weight excluding hydrogens is 150 g/mol. The molecule has 74 valence electrons. The molecule has 2 unspecified atom stereocenters. The zero-order valence-corrected chi connectivity index (χ0v) is 8.80. The fourth-order valence-corrected chi connectivity index (χ4v) is 1.24. The van der Waals surface area contributed by atoms with Gasteiger partial charge in [0.2, 0.25) is 0 Å². The highest BCUT2D eigenvalue weighted by Gasteiger charge is 2.11. The molecule has 2 heteroatoms. The zero-order chi connectivity index (χ0) is 9.56.